The van der Waals surface area contributed by atoms with E-state index >= 15 is 0 Å². The Bertz CT molecular complexity index is 1080. The fourth-order valence-electron chi connectivity index (χ4n) is 2.53. The van der Waals surface area contributed by atoms with Crippen LogP contribution in [-0.4, -0.2) is 13.0 Å². The van der Waals surface area contributed by atoms with Crippen molar-refractivity contribution >= 4 is 38.0 Å². The van der Waals surface area contributed by atoms with E-state index in [0.717, 1.165) is 23.1 Å². The van der Waals surface area contributed by atoms with Gasteiger partial charge in [-0.15, -0.1) is 0 Å². The zero-order valence-corrected chi connectivity index (χ0v) is 14.4. The van der Waals surface area contributed by atoms with Crippen molar-refractivity contribution in [2.24, 2.45) is 10.2 Å². The number of azo groups is 1. The molecule has 6 nitrogen and oxygen atoms in total. The highest BCUT2D eigenvalue weighted by Gasteiger charge is 2.09. The third-order valence-electron chi connectivity index (χ3n) is 3.85. The number of benzene rings is 3. The minimum absolute atomic E-state index is 0.135. The number of hydrogen-bond acceptors (Lipinski definition) is 5. The molecule has 0 bridgehead atoms. The zero-order chi connectivity index (χ0) is 18.0. The summed E-state index contributed by atoms with van der Waals surface area (Å²) in [4.78, 5) is -0.135. The number of fused-ring (bicyclic) bond motifs is 1. The molecule has 0 aliphatic carbocycles. The first-order valence-corrected chi connectivity index (χ1v) is 9.12. The van der Waals surface area contributed by atoms with Crippen molar-refractivity contribution in [2.45, 2.75) is 18.2 Å². The molecule has 3 aromatic carbocycles. The molecule has 3 N–H and O–H groups in total. The molecule has 0 aromatic heterocycles. The maximum Gasteiger partial charge on any atom is 0.294 e. The third kappa shape index (κ3) is 3.84. The summed E-state index contributed by atoms with van der Waals surface area (Å²) in [6.45, 7) is 2.02. The zero-order valence-electron chi connectivity index (χ0n) is 13.5. The molecule has 0 aliphatic heterocycles. The second-order valence-corrected chi connectivity index (χ2v) is 7.03. The van der Waals surface area contributed by atoms with Gasteiger partial charge >= 0.3 is 0 Å². The maximum absolute atomic E-state index is 11.2. The van der Waals surface area contributed by atoms with Gasteiger partial charge < -0.3 is 5.73 Å². The van der Waals surface area contributed by atoms with Crippen LogP contribution in [-0.2, 0) is 16.5 Å². The fraction of sp³-hybridized carbons (Fsp3) is 0.111. The molecule has 0 radical (unpaired) electrons. The lowest BCUT2D eigenvalue weighted by atomic mass is 10.1. The molecule has 0 atom stereocenters. The average Bonchev–Trinajstić information content (AvgIpc) is 2.59. The molecule has 128 valence electrons. The number of anilines is 1. The Hall–Kier alpha value is -2.77. The molecule has 0 fully saturated rings. The summed E-state index contributed by atoms with van der Waals surface area (Å²) in [5, 5.41) is 10.0. The van der Waals surface area contributed by atoms with Crippen molar-refractivity contribution in [1.82, 2.24) is 0 Å². The van der Waals surface area contributed by atoms with E-state index in [0.29, 0.717) is 16.8 Å². The first kappa shape index (κ1) is 17.1. The minimum Gasteiger partial charge on any atom is -0.399 e. The molecule has 7 heteroatoms. The van der Waals surface area contributed by atoms with Gasteiger partial charge in [0.2, 0.25) is 0 Å². The highest BCUT2D eigenvalue weighted by molar-refractivity contribution is 7.85. The lowest BCUT2D eigenvalue weighted by Crippen LogP contribution is -1.97. The van der Waals surface area contributed by atoms with E-state index in [-0.39, 0.29) is 4.90 Å². The lowest BCUT2D eigenvalue weighted by molar-refractivity contribution is 0.483. The molecule has 0 heterocycles. The fourth-order valence-corrected chi connectivity index (χ4v) is 3.05. The van der Waals surface area contributed by atoms with Crippen molar-refractivity contribution < 1.29 is 13.0 Å². The molecule has 0 unspecified atom stereocenters. The normalized spacial score (nSPS) is 12.1. The summed E-state index contributed by atoms with van der Waals surface area (Å²) in [5.41, 5.74) is 8.90. The molecule has 3 rings (SSSR count). The Morgan fingerprint density at radius 1 is 0.960 bits per heavy atom. The summed E-state index contributed by atoms with van der Waals surface area (Å²) in [6, 6.07) is 15.2. The van der Waals surface area contributed by atoms with E-state index in [9.17, 15) is 8.42 Å². The Morgan fingerprint density at radius 3 is 2.40 bits per heavy atom. The van der Waals surface area contributed by atoms with Crippen LogP contribution in [0.3, 0.4) is 0 Å². The van der Waals surface area contributed by atoms with Crippen LogP contribution < -0.4 is 5.73 Å². The van der Waals surface area contributed by atoms with E-state index < -0.39 is 10.1 Å². The van der Waals surface area contributed by atoms with Crippen LogP contribution in [0.2, 0.25) is 0 Å². The van der Waals surface area contributed by atoms with Crippen molar-refractivity contribution in [2.75, 3.05) is 5.73 Å². The van der Waals surface area contributed by atoms with E-state index in [1.54, 1.807) is 30.3 Å². The quantitative estimate of drug-likeness (QED) is 0.404. The van der Waals surface area contributed by atoms with E-state index in [1.165, 1.54) is 12.1 Å². The van der Waals surface area contributed by atoms with Crippen molar-refractivity contribution in [3.8, 4) is 0 Å². The molecular weight excluding hydrogens is 338 g/mol. The SMILES string of the molecule is CCc1cc(N)ccc1N=Nc1ccc2cc(S(=O)(=O)O)ccc2c1. The van der Waals surface area contributed by atoms with Gasteiger partial charge in [0.15, 0.2) is 0 Å². The van der Waals surface area contributed by atoms with Gasteiger partial charge in [-0.25, -0.2) is 0 Å². The third-order valence-corrected chi connectivity index (χ3v) is 4.70. The van der Waals surface area contributed by atoms with Gasteiger partial charge in [-0.1, -0.05) is 19.1 Å². The number of nitrogen functional groups attached to an aromatic ring is 1. The van der Waals surface area contributed by atoms with Crippen LogP contribution in [0.4, 0.5) is 17.1 Å². The van der Waals surface area contributed by atoms with E-state index in [2.05, 4.69) is 10.2 Å². The van der Waals surface area contributed by atoms with Gasteiger partial charge in [-0.2, -0.15) is 18.6 Å². The summed E-state index contributed by atoms with van der Waals surface area (Å²) >= 11 is 0. The minimum atomic E-state index is -4.21. The Kier molecular flexibility index (Phi) is 4.52. The number of hydrogen-bond donors (Lipinski definition) is 2. The Labute approximate surface area is 145 Å². The smallest absolute Gasteiger partial charge is 0.294 e. The van der Waals surface area contributed by atoms with Crippen molar-refractivity contribution in [1.29, 1.82) is 0 Å². The molecule has 0 aliphatic rings. The molecule has 0 spiro atoms. The van der Waals surface area contributed by atoms with Crippen LogP contribution in [0.25, 0.3) is 10.8 Å². The van der Waals surface area contributed by atoms with Gasteiger partial charge in [0, 0.05) is 5.69 Å². The van der Waals surface area contributed by atoms with Crippen molar-refractivity contribution in [3.63, 3.8) is 0 Å². The second-order valence-electron chi connectivity index (χ2n) is 5.61. The Morgan fingerprint density at radius 2 is 1.68 bits per heavy atom. The Balaban J connectivity index is 1.95. The van der Waals surface area contributed by atoms with Crippen LogP contribution in [0.1, 0.15) is 12.5 Å². The second kappa shape index (κ2) is 6.62. The summed E-state index contributed by atoms with van der Waals surface area (Å²) < 4.78 is 31.5. The molecule has 0 saturated heterocycles. The molecule has 25 heavy (non-hydrogen) atoms. The number of nitrogens with zero attached hydrogens (tertiary/aromatic N) is 2. The average molecular weight is 355 g/mol. The van der Waals surface area contributed by atoms with Crippen molar-refractivity contribution in [3.05, 3.63) is 60.2 Å². The summed E-state index contributed by atoms with van der Waals surface area (Å²) in [5.74, 6) is 0. The van der Waals surface area contributed by atoms with Gasteiger partial charge in [0.05, 0.1) is 16.3 Å². The standard InChI is InChI=1S/C18H17N3O3S/c1-2-12-9-15(19)5-8-18(12)21-20-16-6-3-14-11-17(25(22,23)24)7-4-13(14)10-16/h3-11H,2,19H2,1H3,(H,22,23,24). The predicted octanol–water partition coefficient (Wildman–Crippen LogP) is 4.65. The van der Waals surface area contributed by atoms with Crippen LogP contribution in [0.15, 0.2) is 69.7 Å². The van der Waals surface area contributed by atoms with E-state index in [1.807, 2.05) is 19.1 Å². The van der Waals surface area contributed by atoms with Gasteiger partial charge in [0.25, 0.3) is 10.1 Å². The molecular formula is C18H17N3O3S. The van der Waals surface area contributed by atoms with Gasteiger partial charge in [0.1, 0.15) is 0 Å². The van der Waals surface area contributed by atoms with E-state index in [4.69, 9.17) is 10.3 Å². The first-order chi connectivity index (χ1) is 11.9. The number of rotatable bonds is 4. The largest absolute Gasteiger partial charge is 0.399 e. The van der Waals surface area contributed by atoms with Crippen LogP contribution >= 0.6 is 0 Å². The first-order valence-electron chi connectivity index (χ1n) is 7.68. The number of nitrogens with two attached hydrogens (primary N) is 1. The maximum atomic E-state index is 11.2. The predicted molar refractivity (Wildman–Crippen MR) is 98.2 cm³/mol. The van der Waals surface area contributed by atoms with Crippen LogP contribution in [0, 0.1) is 0 Å². The summed E-state index contributed by atoms with van der Waals surface area (Å²) in [7, 11) is -4.21. The topological polar surface area (TPSA) is 105 Å². The van der Waals surface area contributed by atoms with Crippen LogP contribution in [0.5, 0.6) is 0 Å². The monoisotopic (exact) mass is 355 g/mol. The van der Waals surface area contributed by atoms with Gasteiger partial charge in [-0.3, -0.25) is 4.55 Å². The summed E-state index contributed by atoms with van der Waals surface area (Å²) in [6.07, 6.45) is 0.801. The van der Waals surface area contributed by atoms with Gasteiger partial charge in [-0.05, 0) is 65.2 Å². The molecule has 0 saturated carbocycles. The molecule has 0 amide bonds. The highest BCUT2D eigenvalue weighted by atomic mass is 32.2. The highest BCUT2D eigenvalue weighted by Crippen LogP contribution is 2.27. The number of aryl methyl sites for hydroxylation is 1. The molecule has 3 aromatic rings. The lowest BCUT2D eigenvalue weighted by Gasteiger charge is -2.04.